The molecule has 3 nitrogen and oxygen atoms in total. The van der Waals surface area contributed by atoms with Crippen molar-refractivity contribution in [1.29, 1.82) is 0 Å². The number of rotatable bonds is 6. The third-order valence-corrected chi connectivity index (χ3v) is 4.12. The normalized spacial score (nSPS) is 11.7. The van der Waals surface area contributed by atoms with Gasteiger partial charge in [-0.3, -0.25) is 4.79 Å². The van der Waals surface area contributed by atoms with Crippen LogP contribution in [0.25, 0.3) is 0 Å². The topological polar surface area (TPSA) is 38.3 Å². The van der Waals surface area contributed by atoms with Crippen LogP contribution < -0.4 is 10.1 Å². The SMILES string of the molecule is COc1ccc([C@@H](C)NC(=O)CSc2ccccc2)cc1. The maximum Gasteiger partial charge on any atom is 0.230 e. The van der Waals surface area contributed by atoms with Crippen molar-refractivity contribution in [2.24, 2.45) is 0 Å². The molecular formula is C17H19NO2S. The van der Waals surface area contributed by atoms with E-state index in [-0.39, 0.29) is 11.9 Å². The van der Waals surface area contributed by atoms with Gasteiger partial charge in [-0.25, -0.2) is 0 Å². The number of hydrogen-bond acceptors (Lipinski definition) is 3. The molecule has 0 aliphatic carbocycles. The molecule has 2 aromatic carbocycles. The fraction of sp³-hybridized carbons (Fsp3) is 0.235. The Morgan fingerprint density at radius 1 is 1.14 bits per heavy atom. The van der Waals surface area contributed by atoms with Crippen LogP contribution in [0.15, 0.2) is 59.5 Å². The van der Waals surface area contributed by atoms with Crippen LogP contribution in [0.4, 0.5) is 0 Å². The smallest absolute Gasteiger partial charge is 0.230 e. The van der Waals surface area contributed by atoms with Gasteiger partial charge in [-0.1, -0.05) is 30.3 Å². The molecule has 1 N–H and O–H groups in total. The van der Waals surface area contributed by atoms with Gasteiger partial charge in [0.15, 0.2) is 0 Å². The zero-order chi connectivity index (χ0) is 15.1. The molecule has 0 saturated carbocycles. The average Bonchev–Trinajstić information content (AvgIpc) is 2.54. The minimum atomic E-state index is -0.0141. The number of amides is 1. The van der Waals surface area contributed by atoms with E-state index < -0.39 is 0 Å². The molecule has 2 aromatic rings. The summed E-state index contributed by atoms with van der Waals surface area (Å²) in [7, 11) is 1.64. The lowest BCUT2D eigenvalue weighted by molar-refractivity contribution is -0.119. The van der Waals surface area contributed by atoms with Gasteiger partial charge in [0.05, 0.1) is 18.9 Å². The third kappa shape index (κ3) is 4.83. The van der Waals surface area contributed by atoms with Crippen molar-refractivity contribution in [2.45, 2.75) is 17.9 Å². The lowest BCUT2D eigenvalue weighted by Gasteiger charge is -2.14. The van der Waals surface area contributed by atoms with Gasteiger partial charge in [0.2, 0.25) is 5.91 Å². The largest absolute Gasteiger partial charge is 0.497 e. The van der Waals surface area contributed by atoms with E-state index in [2.05, 4.69) is 5.32 Å². The molecule has 0 radical (unpaired) electrons. The fourth-order valence-electron chi connectivity index (χ4n) is 1.92. The van der Waals surface area contributed by atoms with Crippen molar-refractivity contribution in [3.8, 4) is 5.75 Å². The summed E-state index contributed by atoms with van der Waals surface area (Å²) in [6.45, 7) is 1.98. The van der Waals surface area contributed by atoms with Crippen LogP contribution in [0.3, 0.4) is 0 Å². The van der Waals surface area contributed by atoms with Crippen molar-refractivity contribution >= 4 is 17.7 Å². The maximum absolute atomic E-state index is 12.0. The van der Waals surface area contributed by atoms with Crippen LogP contribution in [0.2, 0.25) is 0 Å². The predicted octanol–water partition coefficient (Wildman–Crippen LogP) is 3.66. The van der Waals surface area contributed by atoms with E-state index in [1.807, 2.05) is 61.5 Å². The molecule has 0 aliphatic rings. The second-order valence-electron chi connectivity index (χ2n) is 4.66. The third-order valence-electron chi connectivity index (χ3n) is 3.11. The zero-order valence-corrected chi connectivity index (χ0v) is 13.0. The molecule has 0 bridgehead atoms. The number of hydrogen-bond donors (Lipinski definition) is 1. The first-order valence-corrected chi connectivity index (χ1v) is 7.79. The van der Waals surface area contributed by atoms with E-state index in [9.17, 15) is 4.79 Å². The average molecular weight is 301 g/mol. The standard InChI is InChI=1S/C17H19NO2S/c1-13(14-8-10-15(20-2)11-9-14)18-17(19)12-21-16-6-4-3-5-7-16/h3-11,13H,12H2,1-2H3,(H,18,19)/t13-/m1/s1. The van der Waals surface area contributed by atoms with Crippen molar-refractivity contribution in [2.75, 3.05) is 12.9 Å². The second kappa shape index (κ2) is 7.74. The Kier molecular flexibility index (Phi) is 5.69. The van der Waals surface area contributed by atoms with Gasteiger partial charge in [0.25, 0.3) is 0 Å². The quantitative estimate of drug-likeness (QED) is 0.827. The first-order valence-electron chi connectivity index (χ1n) is 6.80. The predicted molar refractivity (Wildman–Crippen MR) is 86.7 cm³/mol. The highest BCUT2D eigenvalue weighted by Gasteiger charge is 2.10. The minimum absolute atomic E-state index is 0.0141. The van der Waals surface area contributed by atoms with Gasteiger partial charge >= 0.3 is 0 Å². The Labute approximate surface area is 129 Å². The minimum Gasteiger partial charge on any atom is -0.497 e. The fourth-order valence-corrected chi connectivity index (χ4v) is 2.66. The summed E-state index contributed by atoms with van der Waals surface area (Å²) < 4.78 is 5.13. The zero-order valence-electron chi connectivity index (χ0n) is 12.2. The molecule has 0 heterocycles. The summed E-state index contributed by atoms with van der Waals surface area (Å²) in [6, 6.07) is 17.6. The number of nitrogens with one attached hydrogen (secondary N) is 1. The van der Waals surface area contributed by atoms with E-state index in [1.165, 1.54) is 11.8 Å². The maximum atomic E-state index is 12.0. The van der Waals surface area contributed by atoms with Gasteiger partial charge in [-0.15, -0.1) is 11.8 Å². The monoisotopic (exact) mass is 301 g/mol. The lowest BCUT2D eigenvalue weighted by Crippen LogP contribution is -2.28. The van der Waals surface area contributed by atoms with Crippen molar-refractivity contribution in [3.63, 3.8) is 0 Å². The highest BCUT2D eigenvalue weighted by molar-refractivity contribution is 8.00. The number of ether oxygens (including phenoxy) is 1. The Morgan fingerprint density at radius 2 is 1.81 bits per heavy atom. The van der Waals surface area contributed by atoms with E-state index in [0.717, 1.165) is 16.2 Å². The van der Waals surface area contributed by atoms with E-state index in [0.29, 0.717) is 5.75 Å². The van der Waals surface area contributed by atoms with Gasteiger partial charge in [0, 0.05) is 4.90 Å². The van der Waals surface area contributed by atoms with Gasteiger partial charge in [-0.2, -0.15) is 0 Å². The molecular weight excluding hydrogens is 282 g/mol. The molecule has 21 heavy (non-hydrogen) atoms. The summed E-state index contributed by atoms with van der Waals surface area (Å²) >= 11 is 1.54. The number of carbonyl (C=O) groups excluding carboxylic acids is 1. The Bertz CT molecular complexity index is 569. The molecule has 0 aromatic heterocycles. The number of benzene rings is 2. The van der Waals surface area contributed by atoms with Gasteiger partial charge < -0.3 is 10.1 Å². The van der Waals surface area contributed by atoms with Crippen LogP contribution in [0.5, 0.6) is 5.75 Å². The van der Waals surface area contributed by atoms with Crippen LogP contribution in [-0.2, 0) is 4.79 Å². The van der Waals surface area contributed by atoms with Crippen LogP contribution in [-0.4, -0.2) is 18.8 Å². The van der Waals surface area contributed by atoms with Crippen molar-refractivity contribution < 1.29 is 9.53 Å². The number of carbonyl (C=O) groups is 1. The van der Waals surface area contributed by atoms with Crippen LogP contribution in [0, 0.1) is 0 Å². The van der Waals surface area contributed by atoms with Crippen LogP contribution >= 0.6 is 11.8 Å². The molecule has 0 saturated heterocycles. The molecule has 0 spiro atoms. The lowest BCUT2D eigenvalue weighted by atomic mass is 10.1. The Morgan fingerprint density at radius 3 is 2.43 bits per heavy atom. The van der Waals surface area contributed by atoms with Crippen LogP contribution in [0.1, 0.15) is 18.5 Å². The number of thioether (sulfide) groups is 1. The van der Waals surface area contributed by atoms with Crippen molar-refractivity contribution in [3.05, 3.63) is 60.2 Å². The number of methoxy groups -OCH3 is 1. The van der Waals surface area contributed by atoms with E-state index in [4.69, 9.17) is 4.74 Å². The van der Waals surface area contributed by atoms with Gasteiger partial charge in [-0.05, 0) is 36.8 Å². The summed E-state index contributed by atoms with van der Waals surface area (Å²) in [5.41, 5.74) is 1.06. The molecule has 110 valence electrons. The van der Waals surface area contributed by atoms with Crippen molar-refractivity contribution in [1.82, 2.24) is 5.32 Å². The highest BCUT2D eigenvalue weighted by atomic mass is 32.2. The molecule has 4 heteroatoms. The highest BCUT2D eigenvalue weighted by Crippen LogP contribution is 2.19. The first-order chi connectivity index (χ1) is 10.2. The molecule has 0 aliphatic heterocycles. The molecule has 0 unspecified atom stereocenters. The van der Waals surface area contributed by atoms with Gasteiger partial charge in [0.1, 0.15) is 5.75 Å². The summed E-state index contributed by atoms with van der Waals surface area (Å²) in [4.78, 5) is 13.1. The first kappa shape index (κ1) is 15.4. The second-order valence-corrected chi connectivity index (χ2v) is 5.71. The Balaban J connectivity index is 1.83. The van der Waals surface area contributed by atoms with E-state index >= 15 is 0 Å². The molecule has 2 rings (SSSR count). The summed E-state index contributed by atoms with van der Waals surface area (Å²) in [5, 5.41) is 3.00. The molecule has 1 atom stereocenters. The Hall–Kier alpha value is -1.94. The summed E-state index contributed by atoms with van der Waals surface area (Å²) in [6.07, 6.45) is 0. The molecule has 1 amide bonds. The van der Waals surface area contributed by atoms with E-state index in [1.54, 1.807) is 7.11 Å². The summed E-state index contributed by atoms with van der Waals surface area (Å²) in [5.74, 6) is 1.27. The molecule has 0 fully saturated rings.